The quantitative estimate of drug-likeness (QED) is 0.305. The number of nitrogens with zero attached hydrogens (tertiary/aromatic N) is 1. The summed E-state index contributed by atoms with van der Waals surface area (Å²) < 4.78 is 11.6. The number of rotatable bonds is 7. The molecule has 0 radical (unpaired) electrons. The number of amides is 4. The van der Waals surface area contributed by atoms with Crippen molar-refractivity contribution in [1.82, 2.24) is 5.32 Å². The molecule has 3 aromatic carbocycles. The van der Waals surface area contributed by atoms with Crippen molar-refractivity contribution in [2.45, 2.75) is 20.5 Å². The summed E-state index contributed by atoms with van der Waals surface area (Å²) in [7, 11) is 0. The van der Waals surface area contributed by atoms with Crippen LogP contribution in [0.15, 0.2) is 66.2 Å². The molecule has 184 valence electrons. The van der Waals surface area contributed by atoms with Gasteiger partial charge in [-0.15, -0.1) is 0 Å². The molecule has 1 saturated heterocycles. The molecular weight excluding hydrogens is 503 g/mol. The Bertz CT molecular complexity index is 1370. The fraction of sp³-hybridized carbons (Fsp3) is 0.148. The van der Waals surface area contributed by atoms with Gasteiger partial charge in [-0.25, -0.2) is 9.69 Å². The highest BCUT2D eigenvalue weighted by Gasteiger charge is 2.36. The van der Waals surface area contributed by atoms with Gasteiger partial charge in [-0.05, 0) is 61.9 Å². The van der Waals surface area contributed by atoms with Crippen LogP contribution in [-0.4, -0.2) is 24.5 Å². The number of imide groups is 2. The second kappa shape index (κ2) is 10.8. The van der Waals surface area contributed by atoms with E-state index in [0.29, 0.717) is 39.4 Å². The molecule has 3 aromatic rings. The lowest BCUT2D eigenvalue weighted by Gasteiger charge is -2.26. The minimum Gasteiger partial charge on any atom is -0.490 e. The van der Waals surface area contributed by atoms with Crippen molar-refractivity contribution in [3.05, 3.63) is 93.0 Å². The van der Waals surface area contributed by atoms with Gasteiger partial charge in [0, 0.05) is 15.6 Å². The standard InChI is InChI=1S/C27H22Cl2N2O5/c1-3-35-24-13-17(6-11-23(24)36-15-18-7-8-19(28)14-22(18)29)12-21-25(32)30-27(34)31(26(21)33)20-9-4-16(2)5-10-20/h4-14H,3,15H2,1-2H3,(H,30,32,34)/b21-12+. The van der Waals surface area contributed by atoms with E-state index in [1.54, 1.807) is 60.7 Å². The van der Waals surface area contributed by atoms with E-state index in [-0.39, 0.29) is 12.2 Å². The van der Waals surface area contributed by atoms with Gasteiger partial charge in [0.2, 0.25) is 0 Å². The van der Waals surface area contributed by atoms with E-state index in [0.717, 1.165) is 16.0 Å². The summed E-state index contributed by atoms with van der Waals surface area (Å²) in [6.07, 6.45) is 1.41. The molecule has 9 heteroatoms. The minimum absolute atomic E-state index is 0.181. The molecule has 4 amide bonds. The number of carbonyl (C=O) groups excluding carboxylic acids is 3. The Morgan fingerprint density at radius 3 is 2.36 bits per heavy atom. The maximum atomic E-state index is 13.1. The van der Waals surface area contributed by atoms with E-state index < -0.39 is 17.8 Å². The predicted octanol–water partition coefficient (Wildman–Crippen LogP) is 5.95. The highest BCUT2D eigenvalue weighted by atomic mass is 35.5. The Balaban J connectivity index is 1.61. The predicted molar refractivity (Wildman–Crippen MR) is 139 cm³/mol. The first-order chi connectivity index (χ1) is 17.3. The normalized spacial score (nSPS) is 14.7. The highest BCUT2D eigenvalue weighted by Crippen LogP contribution is 2.32. The summed E-state index contributed by atoms with van der Waals surface area (Å²) in [4.78, 5) is 39.0. The molecule has 1 heterocycles. The molecule has 1 aliphatic heterocycles. The third-order valence-corrected chi connectivity index (χ3v) is 5.96. The van der Waals surface area contributed by atoms with Crippen molar-refractivity contribution < 1.29 is 23.9 Å². The number of carbonyl (C=O) groups is 3. The van der Waals surface area contributed by atoms with Crippen LogP contribution in [-0.2, 0) is 16.2 Å². The van der Waals surface area contributed by atoms with E-state index in [1.165, 1.54) is 6.08 Å². The Kier molecular flexibility index (Phi) is 7.62. The molecule has 0 aromatic heterocycles. The zero-order valence-corrected chi connectivity index (χ0v) is 21.0. The van der Waals surface area contributed by atoms with Gasteiger partial charge in [0.05, 0.1) is 12.3 Å². The van der Waals surface area contributed by atoms with Gasteiger partial charge in [0.15, 0.2) is 11.5 Å². The average molecular weight is 525 g/mol. The van der Waals surface area contributed by atoms with E-state index >= 15 is 0 Å². The van der Waals surface area contributed by atoms with E-state index in [1.807, 2.05) is 13.8 Å². The van der Waals surface area contributed by atoms with Crippen molar-refractivity contribution in [2.75, 3.05) is 11.5 Å². The van der Waals surface area contributed by atoms with E-state index in [2.05, 4.69) is 5.32 Å². The lowest BCUT2D eigenvalue weighted by atomic mass is 10.1. The van der Waals surface area contributed by atoms with Gasteiger partial charge in [0.25, 0.3) is 11.8 Å². The third-order valence-electron chi connectivity index (χ3n) is 5.37. The van der Waals surface area contributed by atoms with Crippen LogP contribution in [0.3, 0.4) is 0 Å². The number of anilines is 1. The number of aryl methyl sites for hydroxylation is 1. The molecule has 7 nitrogen and oxygen atoms in total. The summed E-state index contributed by atoms with van der Waals surface area (Å²) in [5, 5.41) is 3.23. The van der Waals surface area contributed by atoms with Crippen LogP contribution in [0.4, 0.5) is 10.5 Å². The number of nitrogens with one attached hydrogen (secondary N) is 1. The summed E-state index contributed by atoms with van der Waals surface area (Å²) in [5.74, 6) is -0.611. The van der Waals surface area contributed by atoms with Crippen LogP contribution in [0.5, 0.6) is 11.5 Å². The number of benzene rings is 3. The Hall–Kier alpha value is -3.81. The molecule has 0 unspecified atom stereocenters. The van der Waals surface area contributed by atoms with Gasteiger partial charge in [-0.2, -0.15) is 0 Å². The van der Waals surface area contributed by atoms with Crippen LogP contribution in [0.2, 0.25) is 10.0 Å². The summed E-state index contributed by atoms with van der Waals surface area (Å²) >= 11 is 12.2. The first kappa shape index (κ1) is 25.3. The van der Waals surface area contributed by atoms with Crippen LogP contribution < -0.4 is 19.7 Å². The van der Waals surface area contributed by atoms with Crippen LogP contribution >= 0.6 is 23.2 Å². The SMILES string of the molecule is CCOc1cc(/C=C2\C(=O)NC(=O)N(c3ccc(C)cc3)C2=O)ccc1OCc1ccc(Cl)cc1Cl. The molecule has 0 aliphatic carbocycles. The fourth-order valence-corrected chi connectivity index (χ4v) is 4.01. The number of barbiturate groups is 1. The van der Waals surface area contributed by atoms with Crippen LogP contribution in [0.25, 0.3) is 6.08 Å². The van der Waals surface area contributed by atoms with Crippen molar-refractivity contribution in [1.29, 1.82) is 0 Å². The lowest BCUT2D eigenvalue weighted by Crippen LogP contribution is -2.54. The second-order valence-corrected chi connectivity index (χ2v) is 8.80. The molecule has 0 spiro atoms. The van der Waals surface area contributed by atoms with Gasteiger partial charge in [-0.1, -0.05) is 53.0 Å². The zero-order valence-electron chi connectivity index (χ0n) is 19.5. The van der Waals surface area contributed by atoms with Crippen molar-refractivity contribution in [3.8, 4) is 11.5 Å². The first-order valence-corrected chi connectivity index (χ1v) is 11.8. The number of urea groups is 1. The van der Waals surface area contributed by atoms with Crippen LogP contribution in [0.1, 0.15) is 23.6 Å². The van der Waals surface area contributed by atoms with Gasteiger partial charge >= 0.3 is 6.03 Å². The Morgan fingerprint density at radius 2 is 1.67 bits per heavy atom. The zero-order chi connectivity index (χ0) is 25.8. The third kappa shape index (κ3) is 5.53. The Morgan fingerprint density at radius 1 is 0.917 bits per heavy atom. The van der Waals surface area contributed by atoms with Crippen molar-refractivity contribution in [2.24, 2.45) is 0 Å². The van der Waals surface area contributed by atoms with Crippen molar-refractivity contribution in [3.63, 3.8) is 0 Å². The lowest BCUT2D eigenvalue weighted by molar-refractivity contribution is -0.122. The molecule has 4 rings (SSSR count). The van der Waals surface area contributed by atoms with Crippen molar-refractivity contribution >= 4 is 52.8 Å². The number of hydrogen-bond donors (Lipinski definition) is 1. The van der Waals surface area contributed by atoms with E-state index in [9.17, 15) is 14.4 Å². The number of halogens is 2. The van der Waals surface area contributed by atoms with Crippen LogP contribution in [0, 0.1) is 6.92 Å². The molecule has 1 N–H and O–H groups in total. The molecule has 0 atom stereocenters. The molecule has 1 fully saturated rings. The largest absolute Gasteiger partial charge is 0.490 e. The molecule has 1 aliphatic rings. The summed E-state index contributed by atoms with van der Waals surface area (Å²) in [6, 6.07) is 16.2. The highest BCUT2D eigenvalue weighted by molar-refractivity contribution is 6.39. The minimum atomic E-state index is -0.800. The fourth-order valence-electron chi connectivity index (χ4n) is 3.55. The Labute approximate surface area is 218 Å². The maximum Gasteiger partial charge on any atom is 0.335 e. The van der Waals surface area contributed by atoms with Gasteiger partial charge in [-0.3, -0.25) is 14.9 Å². The van der Waals surface area contributed by atoms with Gasteiger partial charge in [0.1, 0.15) is 12.2 Å². The topological polar surface area (TPSA) is 84.9 Å². The number of ether oxygens (including phenoxy) is 2. The average Bonchev–Trinajstić information content (AvgIpc) is 2.83. The summed E-state index contributed by atoms with van der Waals surface area (Å²) in [5.41, 5.74) is 2.42. The molecular formula is C27H22Cl2N2O5. The maximum absolute atomic E-state index is 13.1. The van der Waals surface area contributed by atoms with Gasteiger partial charge < -0.3 is 9.47 Å². The second-order valence-electron chi connectivity index (χ2n) is 7.96. The molecule has 0 bridgehead atoms. The van der Waals surface area contributed by atoms with E-state index in [4.69, 9.17) is 32.7 Å². The first-order valence-electron chi connectivity index (χ1n) is 11.1. The number of hydrogen-bond acceptors (Lipinski definition) is 5. The monoisotopic (exact) mass is 524 g/mol. The smallest absolute Gasteiger partial charge is 0.335 e. The molecule has 36 heavy (non-hydrogen) atoms. The molecule has 0 saturated carbocycles. The summed E-state index contributed by atoms with van der Waals surface area (Å²) in [6.45, 7) is 4.27.